The largest absolute Gasteiger partial charge is 0.462 e. The summed E-state index contributed by atoms with van der Waals surface area (Å²) < 4.78 is 4.99. The molecule has 8 nitrogen and oxygen atoms in total. The fraction of sp³-hybridized carbons (Fsp3) is 0.643. The van der Waals surface area contributed by atoms with Crippen molar-refractivity contribution < 1.29 is 19.2 Å². The van der Waals surface area contributed by atoms with Crippen LogP contribution in [0.1, 0.15) is 41.6 Å². The zero-order valence-electron chi connectivity index (χ0n) is 13.3. The Kier molecular flexibility index (Phi) is 6.49. The minimum absolute atomic E-state index is 0.0457. The first kappa shape index (κ1) is 19.0. The van der Waals surface area contributed by atoms with E-state index in [1.165, 1.54) is 0 Å². The van der Waals surface area contributed by atoms with Crippen molar-refractivity contribution in [2.45, 2.75) is 43.1 Å². The van der Waals surface area contributed by atoms with Gasteiger partial charge >= 0.3 is 5.97 Å². The van der Waals surface area contributed by atoms with Crippen LogP contribution in [-0.4, -0.2) is 38.4 Å². The maximum absolute atomic E-state index is 12.5. The Morgan fingerprint density at radius 1 is 1.50 bits per heavy atom. The summed E-state index contributed by atoms with van der Waals surface area (Å²) >= 11 is 3.22. The van der Waals surface area contributed by atoms with E-state index in [1.54, 1.807) is 13.8 Å². The van der Waals surface area contributed by atoms with Crippen LogP contribution in [0.3, 0.4) is 0 Å². The highest BCUT2D eigenvalue weighted by Crippen LogP contribution is 2.33. The summed E-state index contributed by atoms with van der Waals surface area (Å²) in [5, 5.41) is 14.0. The number of aromatic nitrogens is 1. The molecule has 0 saturated heterocycles. The number of hydrogen-bond donors (Lipinski definition) is 1. The van der Waals surface area contributed by atoms with E-state index in [0.29, 0.717) is 28.5 Å². The Bertz CT molecular complexity index is 650. The zero-order valence-corrected chi connectivity index (χ0v) is 16.3. The number of nitrogens with one attached hydrogen (secondary N) is 1. The smallest absolute Gasteiger partial charge is 0.350 e. The number of thiazole rings is 1. The number of carbonyl (C=O) groups excluding carboxylic acids is 2. The minimum atomic E-state index is -0.681. The van der Waals surface area contributed by atoms with E-state index < -0.39 is 17.9 Å². The molecular formula is C14H18IN3O5S. The Balaban J connectivity index is 2.07. The number of esters is 1. The van der Waals surface area contributed by atoms with Crippen molar-refractivity contribution in [1.29, 1.82) is 0 Å². The molecule has 1 N–H and O–H groups in total. The average molecular weight is 467 g/mol. The molecule has 0 spiro atoms. The van der Waals surface area contributed by atoms with E-state index in [-0.39, 0.29) is 27.8 Å². The normalized spacial score (nSPS) is 23.5. The molecule has 1 heterocycles. The highest BCUT2D eigenvalue weighted by atomic mass is 127. The van der Waals surface area contributed by atoms with Gasteiger partial charge < -0.3 is 10.1 Å². The van der Waals surface area contributed by atoms with E-state index in [9.17, 15) is 19.7 Å². The third kappa shape index (κ3) is 4.41. The number of carbonyl (C=O) groups is 2. The Labute approximate surface area is 156 Å². The summed E-state index contributed by atoms with van der Waals surface area (Å²) in [6.07, 6.45) is 1.35. The average Bonchev–Trinajstić information content (AvgIpc) is 2.88. The van der Waals surface area contributed by atoms with Crippen molar-refractivity contribution >= 4 is 50.9 Å². The molecule has 3 unspecified atom stereocenters. The number of nitro groups is 1. The van der Waals surface area contributed by atoms with Crippen LogP contribution in [0.15, 0.2) is 0 Å². The monoisotopic (exact) mass is 467 g/mol. The van der Waals surface area contributed by atoms with Crippen LogP contribution in [0.5, 0.6) is 0 Å². The summed E-state index contributed by atoms with van der Waals surface area (Å²) in [5.74, 6) is -1.19. The molecule has 1 aromatic rings. The summed E-state index contributed by atoms with van der Waals surface area (Å²) in [4.78, 5) is 39.5. The summed E-state index contributed by atoms with van der Waals surface area (Å²) in [6, 6.07) is -0.681. The van der Waals surface area contributed by atoms with Crippen molar-refractivity contribution in [1.82, 2.24) is 4.98 Å². The number of amides is 1. The summed E-state index contributed by atoms with van der Waals surface area (Å²) in [7, 11) is 0. The molecule has 24 heavy (non-hydrogen) atoms. The van der Waals surface area contributed by atoms with Crippen LogP contribution in [0, 0.1) is 23.0 Å². The molecule has 0 bridgehead atoms. The highest BCUT2D eigenvalue weighted by molar-refractivity contribution is 14.1. The van der Waals surface area contributed by atoms with Crippen LogP contribution in [0.2, 0.25) is 0 Å². The van der Waals surface area contributed by atoms with Gasteiger partial charge in [0.1, 0.15) is 4.88 Å². The topological polar surface area (TPSA) is 111 Å². The molecule has 10 heteroatoms. The number of alkyl halides is 1. The number of nitrogens with zero attached hydrogens (tertiary/aromatic N) is 2. The third-order valence-electron chi connectivity index (χ3n) is 3.86. The van der Waals surface area contributed by atoms with Gasteiger partial charge in [0.05, 0.1) is 18.2 Å². The first-order valence-corrected chi connectivity index (χ1v) is 9.62. The second kappa shape index (κ2) is 8.19. The van der Waals surface area contributed by atoms with Gasteiger partial charge in [-0.15, -0.1) is 0 Å². The second-order valence-electron chi connectivity index (χ2n) is 5.52. The fourth-order valence-corrected chi connectivity index (χ4v) is 4.45. The molecule has 1 fully saturated rings. The number of aryl methyl sites for hydroxylation is 1. The first-order chi connectivity index (χ1) is 11.3. The maximum Gasteiger partial charge on any atom is 0.350 e. The molecule has 0 radical (unpaired) electrons. The number of anilines is 1. The first-order valence-electron chi connectivity index (χ1n) is 7.56. The van der Waals surface area contributed by atoms with Gasteiger partial charge in [-0.3, -0.25) is 14.9 Å². The molecule has 0 aliphatic heterocycles. The van der Waals surface area contributed by atoms with Crippen LogP contribution in [0.4, 0.5) is 5.13 Å². The molecule has 3 atom stereocenters. The predicted molar refractivity (Wildman–Crippen MR) is 97.4 cm³/mol. The van der Waals surface area contributed by atoms with Gasteiger partial charge in [-0.2, -0.15) is 0 Å². The van der Waals surface area contributed by atoms with E-state index in [1.807, 2.05) is 0 Å². The van der Waals surface area contributed by atoms with Gasteiger partial charge in [-0.05, 0) is 20.3 Å². The molecule has 2 rings (SSSR count). The van der Waals surface area contributed by atoms with Crippen LogP contribution in [-0.2, 0) is 9.53 Å². The van der Waals surface area contributed by atoms with E-state index in [2.05, 4.69) is 32.9 Å². The third-order valence-corrected chi connectivity index (χ3v) is 6.40. The fourth-order valence-electron chi connectivity index (χ4n) is 2.61. The van der Waals surface area contributed by atoms with E-state index in [4.69, 9.17) is 4.74 Å². The Morgan fingerprint density at radius 2 is 2.21 bits per heavy atom. The predicted octanol–water partition coefficient (Wildman–Crippen LogP) is 2.82. The Morgan fingerprint density at radius 3 is 2.83 bits per heavy atom. The van der Waals surface area contributed by atoms with Crippen molar-refractivity contribution in [3.05, 3.63) is 20.7 Å². The Hall–Kier alpha value is -1.30. The number of rotatable bonds is 5. The lowest BCUT2D eigenvalue weighted by Gasteiger charge is -2.27. The number of hydrogen-bond acceptors (Lipinski definition) is 7. The number of halogens is 1. The zero-order chi connectivity index (χ0) is 17.9. The van der Waals surface area contributed by atoms with Crippen molar-refractivity contribution in [3.8, 4) is 0 Å². The van der Waals surface area contributed by atoms with E-state index in [0.717, 1.165) is 11.3 Å². The molecule has 1 saturated carbocycles. The summed E-state index contributed by atoms with van der Waals surface area (Å²) in [5.41, 5.74) is 0.492. The second-order valence-corrected chi connectivity index (χ2v) is 8.12. The lowest BCUT2D eigenvalue weighted by atomic mass is 9.85. The SMILES string of the molecule is CCOC(=O)c1sc(NC(=O)C2CC([N+](=O)[O-])CCC2I)nc1C. The lowest BCUT2D eigenvalue weighted by Crippen LogP contribution is -2.39. The van der Waals surface area contributed by atoms with Gasteiger partial charge in [0, 0.05) is 21.7 Å². The maximum atomic E-state index is 12.5. The van der Waals surface area contributed by atoms with Crippen LogP contribution >= 0.6 is 33.9 Å². The van der Waals surface area contributed by atoms with Crippen molar-refractivity contribution in [2.24, 2.45) is 5.92 Å². The van der Waals surface area contributed by atoms with Gasteiger partial charge in [0.2, 0.25) is 11.9 Å². The lowest BCUT2D eigenvalue weighted by molar-refractivity contribution is -0.527. The quantitative estimate of drug-likeness (QED) is 0.234. The van der Waals surface area contributed by atoms with Crippen molar-refractivity contribution in [2.75, 3.05) is 11.9 Å². The molecule has 1 aliphatic carbocycles. The standard InChI is InChI=1S/C14H18IN3O5S/c1-3-23-13(20)11-7(2)16-14(24-11)17-12(19)9-6-8(18(21)22)4-5-10(9)15/h8-10H,3-6H2,1-2H3,(H,16,17,19). The molecule has 132 valence electrons. The van der Waals surface area contributed by atoms with Gasteiger partial charge in [-0.1, -0.05) is 33.9 Å². The van der Waals surface area contributed by atoms with Gasteiger partial charge in [0.25, 0.3) is 0 Å². The molecular weight excluding hydrogens is 449 g/mol. The molecule has 1 aliphatic rings. The molecule has 1 amide bonds. The van der Waals surface area contributed by atoms with Crippen molar-refractivity contribution in [3.63, 3.8) is 0 Å². The van der Waals surface area contributed by atoms with Gasteiger partial charge in [0.15, 0.2) is 5.13 Å². The molecule has 1 aromatic heterocycles. The van der Waals surface area contributed by atoms with Crippen LogP contribution in [0.25, 0.3) is 0 Å². The van der Waals surface area contributed by atoms with E-state index >= 15 is 0 Å². The van der Waals surface area contributed by atoms with Crippen LogP contribution < -0.4 is 5.32 Å². The molecule has 0 aromatic carbocycles. The minimum Gasteiger partial charge on any atom is -0.462 e. The number of ether oxygens (including phenoxy) is 1. The summed E-state index contributed by atoms with van der Waals surface area (Å²) in [6.45, 7) is 3.65. The van der Waals surface area contributed by atoms with Gasteiger partial charge in [-0.25, -0.2) is 9.78 Å². The highest BCUT2D eigenvalue weighted by Gasteiger charge is 2.39.